The molecule has 1 rings (SSSR count). The third-order valence-electron chi connectivity index (χ3n) is 2.97. The molecule has 21 heavy (non-hydrogen) atoms. The predicted octanol–water partition coefficient (Wildman–Crippen LogP) is 3.43. The number of hydrogen-bond acceptors (Lipinski definition) is 3. The zero-order valence-electron chi connectivity index (χ0n) is 12.7. The van der Waals surface area contributed by atoms with Gasteiger partial charge in [0.15, 0.2) is 0 Å². The molecule has 0 spiro atoms. The first kappa shape index (κ1) is 18.7. The summed E-state index contributed by atoms with van der Waals surface area (Å²) in [5, 5.41) is 3.54. The van der Waals surface area contributed by atoms with Crippen molar-refractivity contribution in [1.82, 2.24) is 10.0 Å². The fraction of sp³-hybridized carbons (Fsp3) is 0.571. The van der Waals surface area contributed by atoms with E-state index < -0.39 is 10.0 Å². The molecule has 0 fully saturated rings. The van der Waals surface area contributed by atoms with E-state index in [1.54, 1.807) is 13.1 Å². The average Bonchev–Trinajstić information content (AvgIpc) is 2.32. The molecule has 0 heterocycles. The predicted molar refractivity (Wildman–Crippen MR) is 88.5 cm³/mol. The summed E-state index contributed by atoms with van der Waals surface area (Å²) < 4.78 is 27.6. The minimum Gasteiger partial charge on any atom is -0.316 e. The smallest absolute Gasteiger partial charge is 0.242 e. The molecular formula is C14H22Cl2N2O2S. The van der Waals surface area contributed by atoms with E-state index in [0.717, 1.165) is 6.42 Å². The lowest BCUT2D eigenvalue weighted by molar-refractivity contribution is 0.482. The van der Waals surface area contributed by atoms with Crippen molar-refractivity contribution in [3.8, 4) is 0 Å². The van der Waals surface area contributed by atoms with Gasteiger partial charge in [-0.15, -0.1) is 0 Å². The number of sulfonamides is 1. The van der Waals surface area contributed by atoms with Gasteiger partial charge in [0.05, 0.1) is 5.02 Å². The molecule has 0 aliphatic heterocycles. The molecule has 1 unspecified atom stereocenters. The third-order valence-corrected chi connectivity index (χ3v) is 5.50. The zero-order valence-corrected chi connectivity index (χ0v) is 15.0. The molecule has 1 aromatic rings. The highest BCUT2D eigenvalue weighted by atomic mass is 35.5. The molecule has 0 bridgehead atoms. The van der Waals surface area contributed by atoms with E-state index in [-0.39, 0.29) is 16.0 Å². The van der Waals surface area contributed by atoms with Crippen LogP contribution in [0.15, 0.2) is 17.0 Å². The van der Waals surface area contributed by atoms with Crippen LogP contribution in [0.4, 0.5) is 0 Å². The van der Waals surface area contributed by atoms with E-state index >= 15 is 0 Å². The molecule has 2 N–H and O–H groups in total. The van der Waals surface area contributed by atoms with Gasteiger partial charge >= 0.3 is 0 Å². The SMILES string of the molecule is CNCc1c(Cl)ccc(S(=O)(=O)NC(C)CC(C)C)c1Cl. The van der Waals surface area contributed by atoms with Gasteiger partial charge in [0, 0.05) is 23.2 Å². The quantitative estimate of drug-likeness (QED) is 0.790. The molecule has 0 saturated heterocycles. The molecule has 1 atom stereocenters. The highest BCUT2D eigenvalue weighted by Gasteiger charge is 2.23. The van der Waals surface area contributed by atoms with Gasteiger partial charge < -0.3 is 5.32 Å². The molecule has 0 radical (unpaired) electrons. The van der Waals surface area contributed by atoms with E-state index in [2.05, 4.69) is 10.0 Å². The van der Waals surface area contributed by atoms with E-state index in [4.69, 9.17) is 23.2 Å². The van der Waals surface area contributed by atoms with Crippen LogP contribution in [0.5, 0.6) is 0 Å². The molecular weight excluding hydrogens is 331 g/mol. The first-order valence-corrected chi connectivity index (χ1v) is 9.06. The first-order chi connectivity index (χ1) is 9.69. The van der Waals surface area contributed by atoms with Crippen LogP contribution in [-0.4, -0.2) is 21.5 Å². The normalized spacial score (nSPS) is 13.7. The van der Waals surface area contributed by atoms with Crippen LogP contribution in [0.25, 0.3) is 0 Å². The van der Waals surface area contributed by atoms with Crippen molar-refractivity contribution in [3.05, 3.63) is 27.7 Å². The van der Waals surface area contributed by atoms with Crippen molar-refractivity contribution in [2.24, 2.45) is 5.92 Å². The summed E-state index contributed by atoms with van der Waals surface area (Å²) in [4.78, 5) is 0.0643. The highest BCUT2D eigenvalue weighted by molar-refractivity contribution is 7.89. The summed E-state index contributed by atoms with van der Waals surface area (Å²) in [5.74, 6) is 0.406. The van der Waals surface area contributed by atoms with Crippen LogP contribution in [0.2, 0.25) is 10.0 Å². The monoisotopic (exact) mass is 352 g/mol. The van der Waals surface area contributed by atoms with Gasteiger partial charge in [0.1, 0.15) is 4.90 Å². The van der Waals surface area contributed by atoms with Gasteiger partial charge in [-0.2, -0.15) is 0 Å². The maximum atomic E-state index is 12.5. The van der Waals surface area contributed by atoms with E-state index in [1.807, 2.05) is 20.8 Å². The van der Waals surface area contributed by atoms with Gasteiger partial charge in [-0.25, -0.2) is 13.1 Å². The number of halogens is 2. The summed E-state index contributed by atoms with van der Waals surface area (Å²) in [6.07, 6.45) is 0.758. The molecule has 7 heteroatoms. The standard InChI is InChI=1S/C14H22Cl2N2O2S/c1-9(2)7-10(3)18-21(19,20)13-6-5-12(15)11(8-17-4)14(13)16/h5-6,9-10,17-18H,7-8H2,1-4H3. The summed E-state index contributed by atoms with van der Waals surface area (Å²) in [5.41, 5.74) is 0.584. The Balaban J connectivity index is 3.11. The van der Waals surface area contributed by atoms with Crippen LogP contribution in [0.1, 0.15) is 32.8 Å². The Morgan fingerprint density at radius 1 is 1.19 bits per heavy atom. The average molecular weight is 353 g/mol. The van der Waals surface area contributed by atoms with Crippen molar-refractivity contribution < 1.29 is 8.42 Å². The fourth-order valence-electron chi connectivity index (χ4n) is 2.21. The van der Waals surface area contributed by atoms with Crippen molar-refractivity contribution in [2.45, 2.75) is 44.7 Å². The van der Waals surface area contributed by atoms with Gasteiger partial charge in [-0.3, -0.25) is 0 Å². The Labute approximate surface area is 137 Å². The van der Waals surface area contributed by atoms with Gasteiger partial charge in [-0.05, 0) is 38.4 Å². The number of nitrogens with one attached hydrogen (secondary N) is 2. The lowest BCUT2D eigenvalue weighted by Gasteiger charge is -2.18. The molecule has 120 valence electrons. The lowest BCUT2D eigenvalue weighted by Crippen LogP contribution is -2.33. The van der Waals surface area contributed by atoms with Crippen LogP contribution in [0, 0.1) is 5.92 Å². The molecule has 0 amide bonds. The Kier molecular flexibility index (Phi) is 6.94. The second-order valence-corrected chi connectivity index (χ2v) is 7.99. The summed E-state index contributed by atoms with van der Waals surface area (Å²) in [7, 11) is -1.91. The number of benzene rings is 1. The van der Waals surface area contributed by atoms with Crippen molar-refractivity contribution >= 4 is 33.2 Å². The number of rotatable bonds is 7. The fourth-order valence-corrected chi connectivity index (χ4v) is 4.37. The number of hydrogen-bond donors (Lipinski definition) is 2. The molecule has 4 nitrogen and oxygen atoms in total. The van der Waals surface area contributed by atoms with Crippen molar-refractivity contribution in [2.75, 3.05) is 7.05 Å². The Morgan fingerprint density at radius 3 is 2.33 bits per heavy atom. The van der Waals surface area contributed by atoms with Crippen LogP contribution >= 0.6 is 23.2 Å². The maximum Gasteiger partial charge on any atom is 0.242 e. The molecule has 0 saturated carbocycles. The highest BCUT2D eigenvalue weighted by Crippen LogP contribution is 2.31. The van der Waals surface area contributed by atoms with E-state index in [1.165, 1.54) is 6.07 Å². The van der Waals surface area contributed by atoms with Gasteiger partial charge in [-0.1, -0.05) is 37.0 Å². The van der Waals surface area contributed by atoms with Gasteiger partial charge in [0.25, 0.3) is 0 Å². The summed E-state index contributed by atoms with van der Waals surface area (Å²) in [6.45, 7) is 6.34. The van der Waals surface area contributed by atoms with Crippen LogP contribution in [0.3, 0.4) is 0 Å². The van der Waals surface area contributed by atoms with E-state index in [0.29, 0.717) is 23.0 Å². The molecule has 0 aromatic heterocycles. The van der Waals surface area contributed by atoms with Crippen LogP contribution in [-0.2, 0) is 16.6 Å². The minimum absolute atomic E-state index is 0.0643. The van der Waals surface area contributed by atoms with Crippen LogP contribution < -0.4 is 10.0 Å². The second-order valence-electron chi connectivity index (χ2n) is 5.52. The zero-order chi connectivity index (χ0) is 16.2. The molecule has 1 aromatic carbocycles. The second kappa shape index (κ2) is 7.79. The molecule has 0 aliphatic rings. The third kappa shape index (κ3) is 5.11. The Bertz CT molecular complexity index is 589. The van der Waals surface area contributed by atoms with E-state index in [9.17, 15) is 8.42 Å². The Hall–Kier alpha value is -0.330. The largest absolute Gasteiger partial charge is 0.316 e. The summed E-state index contributed by atoms with van der Waals surface area (Å²) >= 11 is 12.3. The summed E-state index contributed by atoms with van der Waals surface area (Å²) in [6, 6.07) is 2.84. The Morgan fingerprint density at radius 2 is 1.81 bits per heavy atom. The topological polar surface area (TPSA) is 58.2 Å². The maximum absolute atomic E-state index is 12.5. The lowest BCUT2D eigenvalue weighted by atomic mass is 10.1. The van der Waals surface area contributed by atoms with Crippen molar-refractivity contribution in [3.63, 3.8) is 0 Å². The van der Waals surface area contributed by atoms with Crippen molar-refractivity contribution in [1.29, 1.82) is 0 Å². The minimum atomic E-state index is -3.66. The van der Waals surface area contributed by atoms with Gasteiger partial charge in [0.2, 0.25) is 10.0 Å². The molecule has 0 aliphatic carbocycles. The first-order valence-electron chi connectivity index (χ1n) is 6.82.